The summed E-state index contributed by atoms with van der Waals surface area (Å²) in [4.78, 5) is 15.2. The second kappa shape index (κ2) is 6.10. The molecule has 0 bridgehead atoms. The van der Waals surface area contributed by atoms with Crippen LogP contribution in [0.1, 0.15) is 25.5 Å². The lowest BCUT2D eigenvalue weighted by molar-refractivity contribution is -0.142. The number of hydrogen-bond acceptors (Lipinski definition) is 3. The molecule has 0 spiro atoms. The van der Waals surface area contributed by atoms with Gasteiger partial charge in [-0.25, -0.2) is 4.98 Å². The SMILES string of the molecule is CCCC(Cc1cccc(OC)n1)C(=O)O. The summed E-state index contributed by atoms with van der Waals surface area (Å²) in [5.74, 6) is -0.589. The molecule has 1 atom stereocenters. The number of carboxylic acid groups (broad SMARTS) is 1. The van der Waals surface area contributed by atoms with Gasteiger partial charge in [-0.2, -0.15) is 0 Å². The van der Waals surface area contributed by atoms with E-state index in [1.807, 2.05) is 19.1 Å². The Morgan fingerprint density at radius 3 is 2.88 bits per heavy atom. The van der Waals surface area contributed by atoms with Crippen molar-refractivity contribution in [2.45, 2.75) is 26.2 Å². The third kappa shape index (κ3) is 3.53. The highest BCUT2D eigenvalue weighted by molar-refractivity contribution is 5.70. The second-order valence-electron chi connectivity index (χ2n) is 3.70. The molecule has 88 valence electrons. The van der Waals surface area contributed by atoms with Gasteiger partial charge in [-0.15, -0.1) is 0 Å². The topological polar surface area (TPSA) is 59.4 Å². The minimum absolute atomic E-state index is 0.357. The van der Waals surface area contributed by atoms with E-state index >= 15 is 0 Å². The molecule has 0 aliphatic carbocycles. The van der Waals surface area contributed by atoms with Crippen LogP contribution in [0.4, 0.5) is 0 Å². The summed E-state index contributed by atoms with van der Waals surface area (Å²) in [7, 11) is 1.55. The van der Waals surface area contributed by atoms with Gasteiger partial charge in [-0.3, -0.25) is 4.79 Å². The van der Waals surface area contributed by atoms with Crippen LogP contribution >= 0.6 is 0 Å². The van der Waals surface area contributed by atoms with Crippen LogP contribution in [0.5, 0.6) is 5.88 Å². The van der Waals surface area contributed by atoms with Gasteiger partial charge in [0.1, 0.15) is 0 Å². The summed E-state index contributed by atoms with van der Waals surface area (Å²) in [5, 5.41) is 9.03. The van der Waals surface area contributed by atoms with Gasteiger partial charge < -0.3 is 9.84 Å². The van der Waals surface area contributed by atoms with E-state index < -0.39 is 5.97 Å². The molecule has 0 aliphatic heterocycles. The Morgan fingerprint density at radius 2 is 2.31 bits per heavy atom. The summed E-state index contributed by atoms with van der Waals surface area (Å²) in [6.45, 7) is 1.98. The van der Waals surface area contributed by atoms with Gasteiger partial charge in [0.15, 0.2) is 0 Å². The van der Waals surface area contributed by atoms with Crippen molar-refractivity contribution in [3.05, 3.63) is 23.9 Å². The maximum atomic E-state index is 11.0. The average Bonchev–Trinajstić information content (AvgIpc) is 2.28. The van der Waals surface area contributed by atoms with Gasteiger partial charge in [0.25, 0.3) is 0 Å². The molecule has 4 heteroatoms. The van der Waals surface area contributed by atoms with Gasteiger partial charge in [-0.1, -0.05) is 19.4 Å². The quantitative estimate of drug-likeness (QED) is 0.802. The van der Waals surface area contributed by atoms with Gasteiger partial charge in [-0.05, 0) is 12.5 Å². The number of nitrogens with zero attached hydrogens (tertiary/aromatic N) is 1. The minimum Gasteiger partial charge on any atom is -0.481 e. The molecule has 1 aromatic heterocycles. The number of carbonyl (C=O) groups is 1. The number of hydrogen-bond donors (Lipinski definition) is 1. The van der Waals surface area contributed by atoms with Gasteiger partial charge in [0.05, 0.1) is 13.0 Å². The maximum Gasteiger partial charge on any atom is 0.306 e. The van der Waals surface area contributed by atoms with Crippen LogP contribution in [-0.2, 0) is 11.2 Å². The molecule has 0 saturated heterocycles. The van der Waals surface area contributed by atoms with Crippen LogP contribution in [-0.4, -0.2) is 23.2 Å². The van der Waals surface area contributed by atoms with E-state index in [1.54, 1.807) is 13.2 Å². The zero-order valence-electron chi connectivity index (χ0n) is 9.64. The highest BCUT2D eigenvalue weighted by Gasteiger charge is 2.17. The largest absolute Gasteiger partial charge is 0.481 e. The number of aliphatic carboxylic acids is 1. The molecule has 0 radical (unpaired) electrons. The molecule has 1 aromatic rings. The molecular weight excluding hydrogens is 206 g/mol. The van der Waals surface area contributed by atoms with Crippen molar-refractivity contribution in [3.8, 4) is 5.88 Å². The van der Waals surface area contributed by atoms with Crippen molar-refractivity contribution in [3.63, 3.8) is 0 Å². The van der Waals surface area contributed by atoms with E-state index in [0.29, 0.717) is 18.7 Å². The van der Waals surface area contributed by atoms with Gasteiger partial charge in [0.2, 0.25) is 5.88 Å². The number of methoxy groups -OCH3 is 1. The highest BCUT2D eigenvalue weighted by Crippen LogP contribution is 2.15. The highest BCUT2D eigenvalue weighted by atomic mass is 16.5. The second-order valence-corrected chi connectivity index (χ2v) is 3.70. The van der Waals surface area contributed by atoms with Crippen molar-refractivity contribution in [1.82, 2.24) is 4.98 Å². The van der Waals surface area contributed by atoms with E-state index in [9.17, 15) is 4.79 Å². The summed E-state index contributed by atoms with van der Waals surface area (Å²) in [6.07, 6.45) is 2.00. The first-order valence-electron chi connectivity index (χ1n) is 5.40. The smallest absolute Gasteiger partial charge is 0.306 e. The van der Waals surface area contributed by atoms with E-state index in [1.165, 1.54) is 0 Å². The van der Waals surface area contributed by atoms with E-state index in [4.69, 9.17) is 9.84 Å². The molecular formula is C12H17NO3. The lowest BCUT2D eigenvalue weighted by Crippen LogP contribution is -2.16. The maximum absolute atomic E-state index is 11.0. The molecule has 1 unspecified atom stereocenters. The van der Waals surface area contributed by atoms with Crippen molar-refractivity contribution in [2.75, 3.05) is 7.11 Å². The van der Waals surface area contributed by atoms with Crippen LogP contribution in [0, 0.1) is 5.92 Å². The first-order valence-corrected chi connectivity index (χ1v) is 5.40. The molecule has 4 nitrogen and oxygen atoms in total. The molecule has 0 saturated carbocycles. The standard InChI is InChI=1S/C12H17NO3/c1-3-5-9(12(14)15)8-10-6-4-7-11(13-10)16-2/h4,6-7,9H,3,5,8H2,1-2H3,(H,14,15). The first kappa shape index (κ1) is 12.5. The Bertz CT molecular complexity index is 352. The molecule has 1 N–H and O–H groups in total. The van der Waals surface area contributed by atoms with Gasteiger partial charge in [0, 0.05) is 18.2 Å². The van der Waals surface area contributed by atoms with Crippen molar-refractivity contribution in [2.24, 2.45) is 5.92 Å². The monoisotopic (exact) mass is 223 g/mol. The molecule has 0 amide bonds. The van der Waals surface area contributed by atoms with Crippen molar-refractivity contribution in [1.29, 1.82) is 0 Å². The summed E-state index contributed by atoms with van der Waals surface area (Å²) in [5.41, 5.74) is 0.764. The molecule has 0 aliphatic rings. The lowest BCUT2D eigenvalue weighted by atomic mass is 9.98. The van der Waals surface area contributed by atoms with Crippen LogP contribution in [0.25, 0.3) is 0 Å². The predicted molar refractivity (Wildman–Crippen MR) is 60.5 cm³/mol. The molecule has 1 heterocycles. The Hall–Kier alpha value is -1.58. The van der Waals surface area contributed by atoms with Crippen LogP contribution in [0.3, 0.4) is 0 Å². The Morgan fingerprint density at radius 1 is 1.56 bits per heavy atom. The number of ether oxygens (including phenoxy) is 1. The predicted octanol–water partition coefficient (Wildman–Crippen LogP) is 2.13. The average molecular weight is 223 g/mol. The Labute approximate surface area is 95.3 Å². The number of rotatable bonds is 6. The van der Waals surface area contributed by atoms with Crippen molar-refractivity contribution >= 4 is 5.97 Å². The first-order chi connectivity index (χ1) is 7.67. The fourth-order valence-corrected chi connectivity index (χ4v) is 1.60. The number of aromatic nitrogens is 1. The van der Waals surface area contributed by atoms with Crippen molar-refractivity contribution < 1.29 is 14.6 Å². The minimum atomic E-state index is -0.758. The van der Waals surface area contributed by atoms with E-state index in [0.717, 1.165) is 12.1 Å². The Kier molecular flexibility index (Phi) is 4.76. The number of pyridine rings is 1. The fourth-order valence-electron chi connectivity index (χ4n) is 1.60. The van der Waals surface area contributed by atoms with E-state index in [2.05, 4.69) is 4.98 Å². The summed E-state index contributed by atoms with van der Waals surface area (Å²) < 4.78 is 5.00. The normalized spacial score (nSPS) is 12.1. The van der Waals surface area contributed by atoms with Crippen LogP contribution < -0.4 is 4.74 Å². The van der Waals surface area contributed by atoms with Crippen LogP contribution in [0.15, 0.2) is 18.2 Å². The number of carboxylic acids is 1. The molecule has 1 rings (SSSR count). The van der Waals surface area contributed by atoms with Gasteiger partial charge >= 0.3 is 5.97 Å². The van der Waals surface area contributed by atoms with Crippen LogP contribution in [0.2, 0.25) is 0 Å². The molecule has 0 aromatic carbocycles. The third-order valence-corrected chi connectivity index (χ3v) is 2.43. The third-order valence-electron chi connectivity index (χ3n) is 2.43. The zero-order chi connectivity index (χ0) is 12.0. The summed E-state index contributed by atoms with van der Waals surface area (Å²) in [6, 6.07) is 5.40. The zero-order valence-corrected chi connectivity index (χ0v) is 9.64. The Balaban J connectivity index is 2.72. The molecule has 0 fully saturated rings. The lowest BCUT2D eigenvalue weighted by Gasteiger charge is -2.10. The fraction of sp³-hybridized carbons (Fsp3) is 0.500. The van der Waals surface area contributed by atoms with E-state index in [-0.39, 0.29) is 5.92 Å². The summed E-state index contributed by atoms with van der Waals surface area (Å²) >= 11 is 0. The molecule has 16 heavy (non-hydrogen) atoms.